The number of halogens is 2. The first kappa shape index (κ1) is 16.1. The van der Waals surface area contributed by atoms with E-state index in [1.54, 1.807) is 12.3 Å². The fourth-order valence-corrected chi connectivity index (χ4v) is 2.89. The molecule has 4 nitrogen and oxygen atoms in total. The average Bonchev–Trinajstić information content (AvgIpc) is 2.96. The van der Waals surface area contributed by atoms with Gasteiger partial charge in [-0.05, 0) is 28.8 Å². The maximum Gasteiger partial charge on any atom is 0.236 e. The molecule has 0 spiro atoms. The molecule has 3 rings (SSSR count). The molecule has 2 aromatic carbocycles. The van der Waals surface area contributed by atoms with Crippen LogP contribution in [0.25, 0.3) is 11.1 Å². The van der Waals surface area contributed by atoms with E-state index in [0.717, 1.165) is 16.7 Å². The van der Waals surface area contributed by atoms with Crippen molar-refractivity contribution in [1.29, 1.82) is 0 Å². The van der Waals surface area contributed by atoms with Crippen molar-refractivity contribution < 1.29 is 4.79 Å². The molecule has 2 aromatic rings. The van der Waals surface area contributed by atoms with Gasteiger partial charge in [0.2, 0.25) is 5.91 Å². The van der Waals surface area contributed by atoms with Crippen LogP contribution >= 0.6 is 35.0 Å². The zero-order valence-electron chi connectivity index (χ0n) is 11.8. The minimum Gasteiger partial charge on any atom is -0.303 e. The quantitative estimate of drug-likeness (QED) is 0.655. The van der Waals surface area contributed by atoms with Gasteiger partial charge in [-0.15, -0.1) is 5.10 Å². The molecule has 0 unspecified atom stereocenters. The number of rotatable bonds is 3. The van der Waals surface area contributed by atoms with E-state index in [2.05, 4.69) is 15.5 Å². The smallest absolute Gasteiger partial charge is 0.236 e. The zero-order valence-corrected chi connectivity index (χ0v) is 14.1. The van der Waals surface area contributed by atoms with Crippen LogP contribution in [0.4, 0.5) is 0 Å². The first-order chi connectivity index (χ1) is 11.1. The lowest BCUT2D eigenvalue weighted by atomic mass is 10.0. The number of carbonyl (C=O) groups is 1. The number of nitrogens with zero attached hydrogens (tertiary/aromatic N) is 2. The Balaban J connectivity index is 1.71. The second-order valence-electron chi connectivity index (χ2n) is 4.74. The third-order valence-corrected chi connectivity index (χ3v) is 4.71. The SMILES string of the molecule is O=C1CSC(=NN=Cc2ccc(-c3ccc(Cl)c(Cl)c3)cc2)N1. The highest BCUT2D eigenvalue weighted by atomic mass is 35.5. The zero-order chi connectivity index (χ0) is 16.2. The van der Waals surface area contributed by atoms with Crippen molar-refractivity contribution in [1.82, 2.24) is 5.32 Å². The average molecular weight is 364 g/mol. The molecule has 0 radical (unpaired) electrons. The molecule has 0 aromatic heterocycles. The second kappa shape index (κ2) is 7.17. The van der Waals surface area contributed by atoms with E-state index < -0.39 is 0 Å². The van der Waals surface area contributed by atoms with E-state index in [4.69, 9.17) is 23.2 Å². The number of amides is 1. The van der Waals surface area contributed by atoms with Crippen LogP contribution in [0.15, 0.2) is 52.7 Å². The third kappa shape index (κ3) is 4.13. The molecule has 0 atom stereocenters. The van der Waals surface area contributed by atoms with Crippen LogP contribution in [0.5, 0.6) is 0 Å². The van der Waals surface area contributed by atoms with Gasteiger partial charge < -0.3 is 5.32 Å². The van der Waals surface area contributed by atoms with E-state index in [9.17, 15) is 4.79 Å². The molecule has 0 bridgehead atoms. The summed E-state index contributed by atoms with van der Waals surface area (Å²) in [5, 5.41) is 12.1. The number of nitrogens with one attached hydrogen (secondary N) is 1. The summed E-state index contributed by atoms with van der Waals surface area (Å²) in [6.45, 7) is 0. The summed E-state index contributed by atoms with van der Waals surface area (Å²) in [5.41, 5.74) is 2.94. The van der Waals surface area contributed by atoms with Crippen molar-refractivity contribution in [2.75, 3.05) is 5.75 Å². The first-order valence-corrected chi connectivity index (χ1v) is 8.45. The summed E-state index contributed by atoms with van der Waals surface area (Å²) in [5.74, 6) is 0.349. The minimum atomic E-state index is -0.0464. The van der Waals surface area contributed by atoms with Crippen molar-refractivity contribution >= 4 is 52.3 Å². The van der Waals surface area contributed by atoms with Crippen LogP contribution < -0.4 is 5.32 Å². The van der Waals surface area contributed by atoms with Gasteiger partial charge in [0.1, 0.15) is 0 Å². The fraction of sp³-hybridized carbons (Fsp3) is 0.0625. The first-order valence-electron chi connectivity index (χ1n) is 6.71. The Labute approximate surface area is 147 Å². The van der Waals surface area contributed by atoms with Gasteiger partial charge in [0.15, 0.2) is 5.17 Å². The monoisotopic (exact) mass is 363 g/mol. The molecule has 116 valence electrons. The summed E-state index contributed by atoms with van der Waals surface area (Å²) in [7, 11) is 0. The molecule has 0 saturated carbocycles. The van der Waals surface area contributed by atoms with Crippen LogP contribution in [0, 0.1) is 0 Å². The maximum absolute atomic E-state index is 11.0. The van der Waals surface area contributed by atoms with E-state index in [0.29, 0.717) is 21.0 Å². The summed E-state index contributed by atoms with van der Waals surface area (Å²) < 4.78 is 0. The predicted octanol–water partition coefficient (Wildman–Crippen LogP) is 4.21. The number of thioether (sulfide) groups is 1. The van der Waals surface area contributed by atoms with Gasteiger partial charge in [-0.2, -0.15) is 5.10 Å². The van der Waals surface area contributed by atoms with Crippen LogP contribution in [0.3, 0.4) is 0 Å². The molecule has 1 N–H and O–H groups in total. The highest BCUT2D eigenvalue weighted by Crippen LogP contribution is 2.28. The lowest BCUT2D eigenvalue weighted by Crippen LogP contribution is -2.19. The molecular weight excluding hydrogens is 353 g/mol. The number of hydrogen-bond donors (Lipinski definition) is 1. The van der Waals surface area contributed by atoms with E-state index >= 15 is 0 Å². The van der Waals surface area contributed by atoms with E-state index in [-0.39, 0.29) is 5.91 Å². The predicted molar refractivity (Wildman–Crippen MR) is 97.5 cm³/mol. The fourth-order valence-electron chi connectivity index (χ4n) is 1.96. The Morgan fingerprint density at radius 2 is 1.78 bits per heavy atom. The normalized spacial score (nSPS) is 16.3. The molecule has 23 heavy (non-hydrogen) atoms. The van der Waals surface area contributed by atoms with Crippen LogP contribution in [0.1, 0.15) is 5.56 Å². The maximum atomic E-state index is 11.0. The Morgan fingerprint density at radius 3 is 2.43 bits per heavy atom. The second-order valence-corrected chi connectivity index (χ2v) is 6.52. The molecular formula is C16H11Cl2N3OS. The van der Waals surface area contributed by atoms with Crippen molar-refractivity contribution in [3.8, 4) is 11.1 Å². The molecule has 1 saturated heterocycles. The van der Waals surface area contributed by atoms with Crippen molar-refractivity contribution in [2.24, 2.45) is 10.2 Å². The van der Waals surface area contributed by atoms with Gasteiger partial charge in [-0.3, -0.25) is 4.79 Å². The van der Waals surface area contributed by atoms with Crippen molar-refractivity contribution in [2.45, 2.75) is 0 Å². The number of benzene rings is 2. The van der Waals surface area contributed by atoms with Crippen molar-refractivity contribution in [3.05, 3.63) is 58.1 Å². The molecule has 1 aliphatic rings. The highest BCUT2D eigenvalue weighted by molar-refractivity contribution is 8.15. The third-order valence-electron chi connectivity index (χ3n) is 3.11. The number of carbonyl (C=O) groups excluding carboxylic acids is 1. The summed E-state index contributed by atoms with van der Waals surface area (Å²) in [6.07, 6.45) is 1.64. The van der Waals surface area contributed by atoms with Crippen LogP contribution in [0.2, 0.25) is 10.0 Å². The summed E-state index contributed by atoms with van der Waals surface area (Å²) in [4.78, 5) is 11.0. The molecule has 1 amide bonds. The van der Waals surface area contributed by atoms with Crippen LogP contribution in [-0.4, -0.2) is 23.0 Å². The lowest BCUT2D eigenvalue weighted by molar-refractivity contribution is -0.116. The summed E-state index contributed by atoms with van der Waals surface area (Å²) >= 11 is 13.3. The molecule has 0 aliphatic carbocycles. The Morgan fingerprint density at radius 1 is 1.04 bits per heavy atom. The minimum absolute atomic E-state index is 0.0464. The van der Waals surface area contributed by atoms with E-state index in [1.807, 2.05) is 36.4 Å². The number of amidine groups is 1. The number of hydrogen-bond acceptors (Lipinski definition) is 4. The highest BCUT2D eigenvalue weighted by Gasteiger charge is 2.15. The summed E-state index contributed by atoms with van der Waals surface area (Å²) in [6, 6.07) is 13.3. The van der Waals surface area contributed by atoms with Crippen LogP contribution in [-0.2, 0) is 4.79 Å². The molecule has 1 aliphatic heterocycles. The Bertz CT molecular complexity index is 803. The van der Waals surface area contributed by atoms with Gasteiger partial charge in [0, 0.05) is 0 Å². The Kier molecular flexibility index (Phi) is 5.00. The topological polar surface area (TPSA) is 53.8 Å². The standard InChI is InChI=1S/C16H11Cl2N3OS/c17-13-6-5-12(7-14(13)18)11-3-1-10(2-4-11)8-19-21-16-20-15(22)9-23-16/h1-8H,9H2,(H,20,21,22). The van der Waals surface area contributed by atoms with Gasteiger partial charge in [-0.25, -0.2) is 0 Å². The van der Waals surface area contributed by atoms with Gasteiger partial charge >= 0.3 is 0 Å². The molecule has 1 heterocycles. The largest absolute Gasteiger partial charge is 0.303 e. The molecule has 1 fully saturated rings. The van der Waals surface area contributed by atoms with Gasteiger partial charge in [0.05, 0.1) is 22.0 Å². The lowest BCUT2D eigenvalue weighted by Gasteiger charge is -2.04. The molecule has 7 heteroatoms. The Hall–Kier alpha value is -1.82. The van der Waals surface area contributed by atoms with Crippen molar-refractivity contribution in [3.63, 3.8) is 0 Å². The van der Waals surface area contributed by atoms with Gasteiger partial charge in [0.25, 0.3) is 0 Å². The van der Waals surface area contributed by atoms with E-state index in [1.165, 1.54) is 11.8 Å². The van der Waals surface area contributed by atoms with Gasteiger partial charge in [-0.1, -0.05) is 65.3 Å².